The highest BCUT2D eigenvalue weighted by Crippen LogP contribution is 2.40. The van der Waals surface area contributed by atoms with Crippen LogP contribution in [0.15, 0.2) is 74.1 Å². The molecule has 3 aromatic carbocycles. The first-order valence-corrected chi connectivity index (χ1v) is 13.0. The van der Waals surface area contributed by atoms with Crippen LogP contribution in [0.5, 0.6) is 17.2 Å². The van der Waals surface area contributed by atoms with Crippen molar-refractivity contribution >= 4 is 49.9 Å². The molecule has 1 aromatic heterocycles. The highest BCUT2D eigenvalue weighted by atomic mass is 79.9. The van der Waals surface area contributed by atoms with Gasteiger partial charge in [-0.25, -0.2) is 4.99 Å². The molecule has 4 aromatic rings. The lowest BCUT2D eigenvalue weighted by molar-refractivity contribution is -0.114. The Balaban J connectivity index is 1.85. The second kappa shape index (κ2) is 9.64. The second-order valence-corrected chi connectivity index (χ2v) is 10.4. The first-order valence-electron chi connectivity index (χ1n) is 11.4. The maximum absolute atomic E-state index is 14.0. The Kier molecular flexibility index (Phi) is 6.51. The van der Waals surface area contributed by atoms with Crippen LogP contribution in [-0.4, -0.2) is 29.7 Å². The molecule has 2 heterocycles. The monoisotopic (exact) mass is 578 g/mol. The third-order valence-electron chi connectivity index (χ3n) is 6.41. The Morgan fingerprint density at radius 3 is 2.57 bits per heavy atom. The van der Waals surface area contributed by atoms with Crippen molar-refractivity contribution in [2.75, 3.05) is 14.2 Å². The predicted octanol–water partition coefficient (Wildman–Crippen LogP) is 4.46. The molecule has 37 heavy (non-hydrogen) atoms. The topological polar surface area (TPSA) is 90.1 Å². The van der Waals surface area contributed by atoms with E-state index >= 15 is 0 Å². The van der Waals surface area contributed by atoms with Crippen LogP contribution in [0.1, 0.15) is 31.0 Å². The van der Waals surface area contributed by atoms with Gasteiger partial charge >= 0.3 is 0 Å². The Hall–Kier alpha value is -3.69. The number of benzene rings is 3. The fourth-order valence-corrected chi connectivity index (χ4v) is 6.24. The van der Waals surface area contributed by atoms with Crippen LogP contribution in [0.25, 0.3) is 16.8 Å². The fourth-order valence-electron chi connectivity index (χ4n) is 4.75. The molecule has 5 rings (SSSR count). The molecule has 9 heteroatoms. The number of allylic oxidation sites excluding steroid dienone is 2. The summed E-state index contributed by atoms with van der Waals surface area (Å²) in [6.07, 6.45) is 1.72. The molecule has 0 aliphatic carbocycles. The number of Topliss-reactive ketones (excluding diaryl/α,β-unsaturated/α-hetero) is 1. The van der Waals surface area contributed by atoms with Crippen LogP contribution in [0, 0.1) is 0 Å². The van der Waals surface area contributed by atoms with Gasteiger partial charge < -0.3 is 14.6 Å². The van der Waals surface area contributed by atoms with Crippen LogP contribution in [0.4, 0.5) is 0 Å². The number of thiazole rings is 1. The van der Waals surface area contributed by atoms with Crippen molar-refractivity contribution < 1.29 is 19.4 Å². The molecule has 0 fully saturated rings. The first kappa shape index (κ1) is 25.0. The summed E-state index contributed by atoms with van der Waals surface area (Å²) in [5, 5.41) is 11.9. The van der Waals surface area contributed by atoms with Crippen molar-refractivity contribution in [2.24, 2.45) is 4.99 Å². The quantitative estimate of drug-likeness (QED) is 0.377. The zero-order chi connectivity index (χ0) is 26.4. The smallest absolute Gasteiger partial charge is 0.271 e. The van der Waals surface area contributed by atoms with Gasteiger partial charge in [-0.05, 0) is 54.5 Å². The van der Waals surface area contributed by atoms with Crippen LogP contribution in [-0.2, 0) is 4.79 Å². The average Bonchev–Trinajstić information content (AvgIpc) is 3.18. The number of methoxy groups -OCH3 is 2. The minimum absolute atomic E-state index is 0.0160. The Bertz CT molecular complexity index is 1800. The van der Waals surface area contributed by atoms with E-state index in [0.29, 0.717) is 36.4 Å². The molecule has 0 radical (unpaired) electrons. The highest BCUT2D eigenvalue weighted by Gasteiger charge is 2.33. The van der Waals surface area contributed by atoms with Gasteiger partial charge in [-0.15, -0.1) is 0 Å². The molecular formula is C28H23BrN2O5S. The van der Waals surface area contributed by atoms with Gasteiger partial charge in [0.2, 0.25) is 0 Å². The van der Waals surface area contributed by atoms with Crippen molar-refractivity contribution in [1.82, 2.24) is 4.57 Å². The molecule has 0 unspecified atom stereocenters. The minimum Gasteiger partial charge on any atom is -0.504 e. The fraction of sp³-hybridized carbons (Fsp3) is 0.179. The molecule has 0 saturated heterocycles. The van der Waals surface area contributed by atoms with E-state index in [2.05, 4.69) is 20.9 Å². The molecule has 1 N–H and O–H groups in total. The van der Waals surface area contributed by atoms with Gasteiger partial charge in [0, 0.05) is 21.3 Å². The van der Waals surface area contributed by atoms with E-state index in [0.717, 1.165) is 16.3 Å². The summed E-state index contributed by atoms with van der Waals surface area (Å²) in [6, 6.07) is 14.1. The molecule has 1 atom stereocenters. The number of hydrogen-bond acceptors (Lipinski definition) is 7. The maximum Gasteiger partial charge on any atom is 0.271 e. The van der Waals surface area contributed by atoms with Crippen LogP contribution < -0.4 is 24.4 Å². The van der Waals surface area contributed by atoms with Gasteiger partial charge in [0.15, 0.2) is 22.1 Å². The van der Waals surface area contributed by atoms with Gasteiger partial charge in [0.1, 0.15) is 5.75 Å². The van der Waals surface area contributed by atoms with Gasteiger partial charge in [-0.3, -0.25) is 14.2 Å². The number of ether oxygens (including phenoxy) is 2. The third kappa shape index (κ3) is 4.18. The number of carbonyl (C=O) groups excluding carboxylic acids is 1. The lowest BCUT2D eigenvalue weighted by Gasteiger charge is -2.27. The maximum atomic E-state index is 14.0. The summed E-state index contributed by atoms with van der Waals surface area (Å²) >= 11 is 4.69. The summed E-state index contributed by atoms with van der Waals surface area (Å²) < 4.78 is 13.6. The Morgan fingerprint density at radius 2 is 1.86 bits per heavy atom. The van der Waals surface area contributed by atoms with Gasteiger partial charge in [0.25, 0.3) is 5.56 Å². The minimum atomic E-state index is -0.713. The Labute approximate surface area is 224 Å². The number of nitrogens with zero attached hydrogens (tertiary/aromatic N) is 2. The molecule has 1 aliphatic heterocycles. The average molecular weight is 579 g/mol. The van der Waals surface area contributed by atoms with E-state index in [4.69, 9.17) is 9.47 Å². The van der Waals surface area contributed by atoms with Crippen LogP contribution >= 0.6 is 27.3 Å². The summed E-state index contributed by atoms with van der Waals surface area (Å²) in [5.74, 6) is 0.687. The SMILES string of the molecule is COc1cc(/C=c2\sc3n(c2=O)[C@H](c2c(OC)ccc4ccccc24)C(C(C)=O)=C(C)N=3)c(Br)cc1O. The molecule has 188 valence electrons. The number of aromatic nitrogens is 1. The standard InChI is InChI=1S/C28H23BrN2O5S/c1-14-24(15(2)32)26(25-18-8-6-5-7-16(18)9-10-21(25)35-3)31-27(34)23(37-28(31)30-14)12-17-11-22(36-4)20(33)13-19(17)29/h5-13,26,33H,1-4H3/b23-12-/t26-/m0/s1. The van der Waals surface area contributed by atoms with Crippen molar-refractivity contribution in [3.8, 4) is 17.2 Å². The van der Waals surface area contributed by atoms with Crippen molar-refractivity contribution in [3.05, 3.63) is 95.1 Å². The number of rotatable bonds is 5. The summed E-state index contributed by atoms with van der Waals surface area (Å²) in [4.78, 5) is 32.1. The predicted molar refractivity (Wildman–Crippen MR) is 147 cm³/mol. The zero-order valence-corrected chi connectivity index (χ0v) is 22.9. The van der Waals surface area contributed by atoms with Gasteiger partial charge in [-0.2, -0.15) is 0 Å². The van der Waals surface area contributed by atoms with E-state index in [1.807, 2.05) is 36.4 Å². The van der Waals surface area contributed by atoms with Crippen molar-refractivity contribution in [3.63, 3.8) is 0 Å². The number of fused-ring (bicyclic) bond motifs is 2. The number of ketones is 1. The molecule has 0 saturated carbocycles. The molecule has 0 amide bonds. The molecule has 0 spiro atoms. The van der Waals surface area contributed by atoms with Crippen LogP contribution in [0.2, 0.25) is 0 Å². The van der Waals surface area contributed by atoms with Gasteiger partial charge in [-0.1, -0.05) is 57.6 Å². The molecule has 1 aliphatic rings. The number of phenols is 1. The summed E-state index contributed by atoms with van der Waals surface area (Å²) in [5.41, 5.74) is 2.12. The highest BCUT2D eigenvalue weighted by molar-refractivity contribution is 9.10. The Morgan fingerprint density at radius 1 is 1.14 bits per heavy atom. The van der Waals surface area contributed by atoms with E-state index in [1.165, 1.54) is 31.4 Å². The van der Waals surface area contributed by atoms with E-state index in [9.17, 15) is 14.7 Å². The molecular weight excluding hydrogens is 556 g/mol. The number of halogens is 1. The lowest BCUT2D eigenvalue weighted by atomic mass is 9.89. The molecule has 7 nitrogen and oxygen atoms in total. The number of hydrogen-bond donors (Lipinski definition) is 1. The number of phenolic OH excluding ortho intramolecular Hbond substituents is 1. The van der Waals surface area contributed by atoms with E-state index < -0.39 is 6.04 Å². The van der Waals surface area contributed by atoms with Gasteiger partial charge in [0.05, 0.1) is 24.8 Å². The number of carbonyl (C=O) groups is 1. The lowest BCUT2D eigenvalue weighted by Crippen LogP contribution is -2.39. The third-order valence-corrected chi connectivity index (χ3v) is 8.08. The van der Waals surface area contributed by atoms with Crippen molar-refractivity contribution in [1.29, 1.82) is 0 Å². The van der Waals surface area contributed by atoms with Crippen LogP contribution in [0.3, 0.4) is 0 Å². The van der Waals surface area contributed by atoms with E-state index in [1.54, 1.807) is 30.7 Å². The van der Waals surface area contributed by atoms with E-state index in [-0.39, 0.29) is 22.8 Å². The normalized spacial score (nSPS) is 15.5. The second-order valence-electron chi connectivity index (χ2n) is 8.59. The molecule has 0 bridgehead atoms. The summed E-state index contributed by atoms with van der Waals surface area (Å²) in [7, 11) is 3.04. The largest absolute Gasteiger partial charge is 0.504 e. The number of aromatic hydroxyl groups is 1. The first-order chi connectivity index (χ1) is 17.7. The zero-order valence-electron chi connectivity index (χ0n) is 20.5. The van der Waals surface area contributed by atoms with Crippen molar-refractivity contribution in [2.45, 2.75) is 19.9 Å². The summed E-state index contributed by atoms with van der Waals surface area (Å²) in [6.45, 7) is 3.29.